The van der Waals surface area contributed by atoms with Crippen LogP contribution in [0, 0.1) is 0 Å². The number of hydrogen-bond donors (Lipinski definition) is 3. The van der Waals surface area contributed by atoms with Crippen molar-refractivity contribution in [2.75, 3.05) is 18.4 Å². The summed E-state index contributed by atoms with van der Waals surface area (Å²) in [5, 5.41) is 12.4. The molecule has 0 fully saturated rings. The Hall–Kier alpha value is -2.25. The largest absolute Gasteiger partial charge is 0.444 e. The van der Waals surface area contributed by atoms with Crippen LogP contribution in [0.4, 0.5) is 15.4 Å². The molecule has 0 unspecified atom stereocenters. The number of ether oxygens (including phenoxy) is 1. The van der Waals surface area contributed by atoms with E-state index in [9.17, 15) is 9.59 Å². The van der Waals surface area contributed by atoms with E-state index in [0.29, 0.717) is 31.9 Å². The Balaban J connectivity index is 2.02. The van der Waals surface area contributed by atoms with E-state index in [0.717, 1.165) is 11.3 Å². The van der Waals surface area contributed by atoms with Gasteiger partial charge in [0.15, 0.2) is 5.82 Å². The minimum absolute atomic E-state index is 0.286. The Bertz CT molecular complexity index is 561. The van der Waals surface area contributed by atoms with Crippen LogP contribution in [0.1, 0.15) is 39.0 Å². The van der Waals surface area contributed by atoms with Gasteiger partial charge in [-0.25, -0.2) is 9.59 Å². The Morgan fingerprint density at radius 2 is 2.14 bits per heavy atom. The fourth-order valence-electron chi connectivity index (χ4n) is 2.22. The highest BCUT2D eigenvalue weighted by Gasteiger charge is 2.28. The molecule has 0 radical (unpaired) electrons. The molecule has 122 valence electrons. The lowest BCUT2D eigenvalue weighted by atomic mass is 10.1. The lowest BCUT2D eigenvalue weighted by Crippen LogP contribution is -2.40. The number of hydrogen-bond acceptors (Lipinski definition) is 4. The van der Waals surface area contributed by atoms with Gasteiger partial charge >= 0.3 is 12.1 Å². The number of nitrogens with zero attached hydrogens (tertiary/aromatic N) is 2. The van der Waals surface area contributed by atoms with Crippen molar-refractivity contribution >= 4 is 17.9 Å². The van der Waals surface area contributed by atoms with Crippen LogP contribution in [0.25, 0.3) is 0 Å². The van der Waals surface area contributed by atoms with Crippen LogP contribution in [0.3, 0.4) is 0 Å². The van der Waals surface area contributed by atoms with Crippen LogP contribution in [-0.4, -0.2) is 45.9 Å². The van der Waals surface area contributed by atoms with E-state index in [1.807, 2.05) is 27.7 Å². The van der Waals surface area contributed by atoms with Gasteiger partial charge in [0.2, 0.25) is 0 Å². The quantitative estimate of drug-likeness (QED) is 0.776. The van der Waals surface area contributed by atoms with Gasteiger partial charge in [-0.15, -0.1) is 0 Å². The summed E-state index contributed by atoms with van der Waals surface area (Å²) in [5.74, 6) is 0.518. The molecule has 1 aromatic heterocycles. The summed E-state index contributed by atoms with van der Waals surface area (Å²) in [5.41, 5.74) is 1.24. The SMILES string of the molecule is CCNC(=O)Nc1n[nH]c2c1CCN(C(=O)OC(C)(C)C)C2. The molecular formula is C14H23N5O3. The van der Waals surface area contributed by atoms with E-state index >= 15 is 0 Å². The van der Waals surface area contributed by atoms with Crippen molar-refractivity contribution in [3.05, 3.63) is 11.3 Å². The minimum atomic E-state index is -0.518. The molecule has 1 aliphatic heterocycles. The number of carbonyl (C=O) groups excluding carboxylic acids is 2. The third kappa shape index (κ3) is 3.90. The maximum absolute atomic E-state index is 12.1. The summed E-state index contributed by atoms with van der Waals surface area (Å²) < 4.78 is 5.37. The molecule has 3 amide bonds. The fraction of sp³-hybridized carbons (Fsp3) is 0.643. The zero-order valence-electron chi connectivity index (χ0n) is 13.4. The maximum Gasteiger partial charge on any atom is 0.410 e. The van der Waals surface area contributed by atoms with Crippen molar-refractivity contribution in [2.45, 2.75) is 46.3 Å². The van der Waals surface area contributed by atoms with Gasteiger partial charge in [-0.05, 0) is 34.1 Å². The highest BCUT2D eigenvalue weighted by atomic mass is 16.6. The summed E-state index contributed by atoms with van der Waals surface area (Å²) in [6.07, 6.45) is 0.276. The number of urea groups is 1. The van der Waals surface area contributed by atoms with E-state index in [-0.39, 0.29) is 12.1 Å². The molecule has 0 saturated carbocycles. The number of fused-ring (bicyclic) bond motifs is 1. The van der Waals surface area contributed by atoms with E-state index in [1.54, 1.807) is 4.90 Å². The van der Waals surface area contributed by atoms with Gasteiger partial charge in [-0.2, -0.15) is 5.10 Å². The van der Waals surface area contributed by atoms with Crippen LogP contribution < -0.4 is 10.6 Å². The standard InChI is InChI=1S/C14H23N5O3/c1-5-15-12(20)16-11-9-6-7-19(8-10(9)17-18-11)13(21)22-14(2,3)4/h5-8H2,1-4H3,(H3,15,16,17,18,20). The van der Waals surface area contributed by atoms with Crippen LogP contribution in [0.15, 0.2) is 0 Å². The van der Waals surface area contributed by atoms with Crippen LogP contribution in [0.2, 0.25) is 0 Å². The number of nitrogens with one attached hydrogen (secondary N) is 3. The van der Waals surface area contributed by atoms with E-state index < -0.39 is 5.60 Å². The minimum Gasteiger partial charge on any atom is -0.444 e. The zero-order chi connectivity index (χ0) is 16.3. The number of anilines is 1. The van der Waals surface area contributed by atoms with Gasteiger partial charge < -0.3 is 15.0 Å². The van der Waals surface area contributed by atoms with Crippen molar-refractivity contribution in [1.29, 1.82) is 0 Å². The van der Waals surface area contributed by atoms with Crippen LogP contribution in [0.5, 0.6) is 0 Å². The highest BCUT2D eigenvalue weighted by Crippen LogP contribution is 2.24. The Labute approximate surface area is 129 Å². The van der Waals surface area contributed by atoms with Gasteiger partial charge in [0.25, 0.3) is 0 Å². The maximum atomic E-state index is 12.1. The van der Waals surface area contributed by atoms with E-state index in [1.165, 1.54) is 0 Å². The van der Waals surface area contributed by atoms with Gasteiger partial charge in [-0.1, -0.05) is 0 Å². The zero-order valence-corrected chi connectivity index (χ0v) is 13.4. The predicted octanol–water partition coefficient (Wildman–Crippen LogP) is 1.84. The van der Waals surface area contributed by atoms with Crippen molar-refractivity contribution in [3.8, 4) is 0 Å². The van der Waals surface area contributed by atoms with Crippen molar-refractivity contribution < 1.29 is 14.3 Å². The lowest BCUT2D eigenvalue weighted by Gasteiger charge is -2.29. The first-order chi connectivity index (χ1) is 10.3. The molecule has 8 nitrogen and oxygen atoms in total. The van der Waals surface area contributed by atoms with Gasteiger partial charge in [0.05, 0.1) is 12.2 Å². The molecule has 8 heteroatoms. The molecule has 2 rings (SSSR count). The molecule has 22 heavy (non-hydrogen) atoms. The summed E-state index contributed by atoms with van der Waals surface area (Å²) >= 11 is 0. The molecule has 0 aromatic carbocycles. The number of carbonyl (C=O) groups is 2. The van der Waals surface area contributed by atoms with Gasteiger partial charge in [0.1, 0.15) is 5.60 Å². The highest BCUT2D eigenvalue weighted by molar-refractivity contribution is 5.89. The Morgan fingerprint density at radius 3 is 2.77 bits per heavy atom. The topological polar surface area (TPSA) is 99.4 Å². The molecule has 0 spiro atoms. The normalized spacial score (nSPS) is 14.3. The number of rotatable bonds is 2. The van der Waals surface area contributed by atoms with E-state index in [2.05, 4.69) is 20.8 Å². The Kier molecular flexibility index (Phi) is 4.58. The molecule has 3 N–H and O–H groups in total. The smallest absolute Gasteiger partial charge is 0.410 e. The first-order valence-electron chi connectivity index (χ1n) is 7.39. The monoisotopic (exact) mass is 309 g/mol. The summed E-state index contributed by atoms with van der Waals surface area (Å²) in [6, 6.07) is -0.286. The van der Waals surface area contributed by atoms with Crippen molar-refractivity contribution in [3.63, 3.8) is 0 Å². The van der Waals surface area contributed by atoms with Crippen molar-refractivity contribution in [2.24, 2.45) is 0 Å². The number of aromatic nitrogens is 2. The number of aromatic amines is 1. The molecule has 0 saturated heterocycles. The van der Waals surface area contributed by atoms with Crippen LogP contribution in [-0.2, 0) is 17.7 Å². The molecule has 0 bridgehead atoms. The number of amides is 3. The third-order valence-electron chi connectivity index (χ3n) is 3.15. The summed E-state index contributed by atoms with van der Waals surface area (Å²) in [7, 11) is 0. The first-order valence-corrected chi connectivity index (χ1v) is 7.39. The second-order valence-electron chi connectivity index (χ2n) is 6.17. The molecular weight excluding hydrogens is 286 g/mol. The number of H-pyrrole nitrogens is 1. The second-order valence-corrected chi connectivity index (χ2v) is 6.17. The van der Waals surface area contributed by atoms with Crippen LogP contribution >= 0.6 is 0 Å². The summed E-state index contributed by atoms with van der Waals surface area (Å²) in [6.45, 7) is 8.84. The average Bonchev–Trinajstić information content (AvgIpc) is 2.79. The van der Waals surface area contributed by atoms with Gasteiger partial charge in [-0.3, -0.25) is 10.4 Å². The molecule has 1 aromatic rings. The predicted molar refractivity (Wildman–Crippen MR) is 81.6 cm³/mol. The van der Waals surface area contributed by atoms with Gasteiger partial charge in [0, 0.05) is 18.7 Å². The molecule has 0 aliphatic carbocycles. The molecule has 1 aliphatic rings. The fourth-order valence-corrected chi connectivity index (χ4v) is 2.22. The lowest BCUT2D eigenvalue weighted by molar-refractivity contribution is 0.0221. The molecule has 2 heterocycles. The van der Waals surface area contributed by atoms with E-state index in [4.69, 9.17) is 4.74 Å². The summed E-state index contributed by atoms with van der Waals surface area (Å²) in [4.78, 5) is 25.3. The Morgan fingerprint density at radius 1 is 1.41 bits per heavy atom. The second kappa shape index (κ2) is 6.25. The third-order valence-corrected chi connectivity index (χ3v) is 3.15. The average molecular weight is 309 g/mol. The van der Waals surface area contributed by atoms with Crippen molar-refractivity contribution in [1.82, 2.24) is 20.4 Å². The molecule has 0 atom stereocenters. The first kappa shape index (κ1) is 16.1.